The minimum atomic E-state index is -0.476. The molecule has 0 aromatic heterocycles. The molecule has 0 spiro atoms. The Morgan fingerprint density at radius 3 is 2.33 bits per heavy atom. The van der Waals surface area contributed by atoms with Crippen LogP contribution in [0, 0.1) is 20.8 Å². The van der Waals surface area contributed by atoms with Gasteiger partial charge in [-0.05, 0) is 61.7 Å². The van der Waals surface area contributed by atoms with Gasteiger partial charge in [0.1, 0.15) is 5.70 Å². The van der Waals surface area contributed by atoms with E-state index in [2.05, 4.69) is 17.4 Å². The quantitative estimate of drug-likeness (QED) is 0.652. The molecule has 0 unspecified atom stereocenters. The lowest BCUT2D eigenvalue weighted by Crippen LogP contribution is -2.30. The summed E-state index contributed by atoms with van der Waals surface area (Å²) in [6.07, 6.45) is 1.73. The van der Waals surface area contributed by atoms with E-state index in [1.165, 1.54) is 0 Å². The Morgan fingerprint density at radius 1 is 1.04 bits per heavy atom. The van der Waals surface area contributed by atoms with Gasteiger partial charge >= 0.3 is 6.03 Å². The zero-order chi connectivity index (χ0) is 17.4. The number of imide groups is 1. The molecule has 1 aliphatic heterocycles. The molecule has 1 N–H and O–H groups in total. The smallest absolute Gasteiger partial charge is 0.302 e. The minimum Gasteiger partial charge on any atom is -0.302 e. The number of rotatable bonds is 2. The van der Waals surface area contributed by atoms with Crippen LogP contribution in [-0.2, 0) is 4.79 Å². The molecule has 4 nitrogen and oxygen atoms in total. The molecule has 1 heterocycles. The summed E-state index contributed by atoms with van der Waals surface area (Å²) in [6.45, 7) is 6.01. The Balaban J connectivity index is 2.00. The van der Waals surface area contributed by atoms with Crippen LogP contribution in [0.5, 0.6) is 0 Å². The van der Waals surface area contributed by atoms with Crippen LogP contribution in [0.3, 0.4) is 0 Å². The molecule has 1 saturated heterocycles. The number of aryl methyl sites for hydroxylation is 3. The molecule has 24 heavy (non-hydrogen) atoms. The van der Waals surface area contributed by atoms with Gasteiger partial charge in [0.15, 0.2) is 0 Å². The highest BCUT2D eigenvalue weighted by molar-refractivity contribution is 6.32. The third-order valence-electron chi connectivity index (χ3n) is 3.97. The van der Waals surface area contributed by atoms with Gasteiger partial charge in [-0.25, -0.2) is 9.69 Å². The lowest BCUT2D eigenvalue weighted by atomic mass is 9.99. The Bertz CT molecular complexity index is 864. The van der Waals surface area contributed by atoms with Crippen LogP contribution >= 0.6 is 11.6 Å². The van der Waals surface area contributed by atoms with Crippen LogP contribution in [-0.4, -0.2) is 11.9 Å². The summed E-state index contributed by atoms with van der Waals surface area (Å²) >= 11 is 5.96. The van der Waals surface area contributed by atoms with Gasteiger partial charge in [0.2, 0.25) is 0 Å². The molecule has 0 saturated carbocycles. The van der Waals surface area contributed by atoms with E-state index in [9.17, 15) is 9.59 Å². The largest absolute Gasteiger partial charge is 0.333 e. The summed E-state index contributed by atoms with van der Waals surface area (Å²) in [6, 6.07) is 10.3. The van der Waals surface area contributed by atoms with E-state index >= 15 is 0 Å². The average Bonchev–Trinajstić information content (AvgIpc) is 2.77. The maximum absolute atomic E-state index is 12.7. The monoisotopic (exact) mass is 340 g/mol. The highest BCUT2D eigenvalue weighted by Crippen LogP contribution is 2.26. The number of halogens is 1. The second-order valence-electron chi connectivity index (χ2n) is 5.92. The zero-order valence-corrected chi connectivity index (χ0v) is 14.4. The average molecular weight is 341 g/mol. The van der Waals surface area contributed by atoms with Crippen molar-refractivity contribution in [3.63, 3.8) is 0 Å². The van der Waals surface area contributed by atoms with Crippen LogP contribution in [0.1, 0.15) is 22.3 Å². The molecule has 2 aromatic carbocycles. The highest BCUT2D eigenvalue weighted by Gasteiger charge is 2.35. The molecule has 3 amide bonds. The van der Waals surface area contributed by atoms with Gasteiger partial charge in [-0.3, -0.25) is 4.79 Å². The first-order chi connectivity index (χ1) is 11.4. The molecule has 0 bridgehead atoms. The van der Waals surface area contributed by atoms with Crippen molar-refractivity contribution in [3.05, 3.63) is 69.4 Å². The van der Waals surface area contributed by atoms with E-state index in [0.717, 1.165) is 27.2 Å². The maximum atomic E-state index is 12.7. The number of nitrogens with one attached hydrogen (secondary N) is 1. The predicted octanol–water partition coefficient (Wildman–Crippen LogP) is 4.36. The lowest BCUT2D eigenvalue weighted by Gasteiger charge is -2.12. The van der Waals surface area contributed by atoms with Crippen molar-refractivity contribution in [2.75, 3.05) is 4.90 Å². The second-order valence-corrected chi connectivity index (χ2v) is 6.36. The van der Waals surface area contributed by atoms with Crippen molar-refractivity contribution in [2.24, 2.45) is 0 Å². The van der Waals surface area contributed by atoms with Gasteiger partial charge < -0.3 is 5.32 Å². The summed E-state index contributed by atoms with van der Waals surface area (Å²) in [4.78, 5) is 26.0. The standard InChI is InChI=1S/C19H17ClN2O2/c1-11-7-12(2)16(13(3)8-11)10-17-18(23)22(19(24)21-17)15-6-4-5-14(20)9-15/h4-10H,1-3H3,(H,21,24)/b17-10+. The minimum absolute atomic E-state index is 0.259. The van der Waals surface area contributed by atoms with Crippen molar-refractivity contribution in [1.29, 1.82) is 0 Å². The fraction of sp³-hybridized carbons (Fsp3) is 0.158. The first-order valence-electron chi connectivity index (χ1n) is 7.57. The van der Waals surface area contributed by atoms with Crippen molar-refractivity contribution in [3.8, 4) is 0 Å². The maximum Gasteiger partial charge on any atom is 0.333 e. The number of benzene rings is 2. The number of anilines is 1. The van der Waals surface area contributed by atoms with E-state index < -0.39 is 6.03 Å². The van der Waals surface area contributed by atoms with Crippen LogP contribution in [0.2, 0.25) is 5.02 Å². The van der Waals surface area contributed by atoms with Crippen molar-refractivity contribution < 1.29 is 9.59 Å². The lowest BCUT2D eigenvalue weighted by molar-refractivity contribution is -0.113. The number of carbonyl (C=O) groups is 2. The highest BCUT2D eigenvalue weighted by atomic mass is 35.5. The Labute approximate surface area is 145 Å². The molecule has 0 atom stereocenters. The van der Waals surface area contributed by atoms with Gasteiger partial charge in [0, 0.05) is 5.02 Å². The van der Waals surface area contributed by atoms with E-state index in [1.54, 1.807) is 30.3 Å². The third kappa shape index (κ3) is 2.93. The number of hydrogen-bond donors (Lipinski definition) is 1. The van der Waals surface area contributed by atoms with Gasteiger partial charge in [-0.1, -0.05) is 35.4 Å². The second kappa shape index (κ2) is 6.13. The van der Waals surface area contributed by atoms with Gasteiger partial charge in [0.05, 0.1) is 5.69 Å². The van der Waals surface area contributed by atoms with Crippen molar-refractivity contribution in [2.45, 2.75) is 20.8 Å². The number of nitrogens with zero attached hydrogens (tertiary/aromatic N) is 1. The zero-order valence-electron chi connectivity index (χ0n) is 13.7. The molecular formula is C19H17ClN2O2. The molecule has 3 rings (SSSR count). The number of urea groups is 1. The summed E-state index contributed by atoms with van der Waals surface area (Å²) < 4.78 is 0. The molecule has 2 aromatic rings. The van der Waals surface area contributed by atoms with Gasteiger partial charge in [-0.15, -0.1) is 0 Å². The molecular weight excluding hydrogens is 324 g/mol. The summed E-state index contributed by atoms with van der Waals surface area (Å²) in [5.74, 6) is -0.387. The molecule has 0 aliphatic carbocycles. The first-order valence-corrected chi connectivity index (χ1v) is 7.95. The van der Waals surface area contributed by atoms with Crippen LogP contribution in [0.4, 0.5) is 10.5 Å². The normalized spacial score (nSPS) is 16.0. The third-order valence-corrected chi connectivity index (χ3v) is 4.21. The van der Waals surface area contributed by atoms with E-state index in [1.807, 2.05) is 20.8 Å². The topological polar surface area (TPSA) is 49.4 Å². The fourth-order valence-electron chi connectivity index (χ4n) is 2.95. The van der Waals surface area contributed by atoms with Crippen molar-refractivity contribution in [1.82, 2.24) is 5.32 Å². The summed E-state index contributed by atoms with van der Waals surface area (Å²) in [5, 5.41) is 3.11. The van der Waals surface area contributed by atoms with Crippen LogP contribution < -0.4 is 10.2 Å². The van der Waals surface area contributed by atoms with Gasteiger partial charge in [-0.2, -0.15) is 0 Å². The molecule has 0 radical (unpaired) electrons. The first kappa shape index (κ1) is 16.3. The number of hydrogen-bond acceptors (Lipinski definition) is 2. The van der Waals surface area contributed by atoms with E-state index in [0.29, 0.717) is 10.7 Å². The number of amides is 3. The molecule has 5 heteroatoms. The molecule has 1 fully saturated rings. The van der Waals surface area contributed by atoms with Gasteiger partial charge in [0.25, 0.3) is 5.91 Å². The summed E-state index contributed by atoms with van der Waals surface area (Å²) in [5.41, 5.74) is 4.93. The van der Waals surface area contributed by atoms with E-state index in [-0.39, 0.29) is 11.6 Å². The molecule has 1 aliphatic rings. The SMILES string of the molecule is Cc1cc(C)c(/C=C2/NC(=O)N(c3cccc(Cl)c3)C2=O)c(C)c1. The van der Waals surface area contributed by atoms with E-state index in [4.69, 9.17) is 11.6 Å². The molecule has 122 valence electrons. The summed E-state index contributed by atoms with van der Waals surface area (Å²) in [7, 11) is 0. The van der Waals surface area contributed by atoms with Crippen molar-refractivity contribution >= 4 is 35.3 Å². The fourth-order valence-corrected chi connectivity index (χ4v) is 3.13. The Morgan fingerprint density at radius 2 is 1.71 bits per heavy atom. The number of carbonyl (C=O) groups excluding carboxylic acids is 2. The predicted molar refractivity (Wildman–Crippen MR) is 96.1 cm³/mol. The Hall–Kier alpha value is -2.59. The Kier molecular flexibility index (Phi) is 4.16. The van der Waals surface area contributed by atoms with Crippen LogP contribution in [0.15, 0.2) is 42.1 Å². The van der Waals surface area contributed by atoms with Crippen LogP contribution in [0.25, 0.3) is 6.08 Å².